The lowest BCUT2D eigenvalue weighted by atomic mass is 10.1. The molecule has 0 aromatic heterocycles. The van der Waals surface area contributed by atoms with Gasteiger partial charge in [-0.1, -0.05) is 23.6 Å². The van der Waals surface area contributed by atoms with Gasteiger partial charge in [-0.25, -0.2) is 5.43 Å². The highest BCUT2D eigenvalue weighted by molar-refractivity contribution is 14.1. The average molecular weight is 497 g/mol. The van der Waals surface area contributed by atoms with E-state index in [0.717, 1.165) is 14.7 Å². The Hall–Kier alpha value is -2.24. The first kappa shape index (κ1) is 21.1. The molecule has 5 nitrogen and oxygen atoms in total. The van der Waals surface area contributed by atoms with Crippen LogP contribution in [-0.2, 0) is 0 Å². The Morgan fingerprint density at radius 2 is 2.15 bits per heavy atom. The first-order valence-corrected chi connectivity index (χ1v) is 9.54. The van der Waals surface area contributed by atoms with Crippen LogP contribution in [0.3, 0.4) is 0 Å². The van der Waals surface area contributed by atoms with Crippen LogP contribution in [0.4, 0.5) is 0 Å². The van der Waals surface area contributed by atoms with E-state index in [2.05, 4.69) is 39.0 Å². The molecule has 7 heteroatoms. The van der Waals surface area contributed by atoms with Gasteiger partial charge in [0.25, 0.3) is 5.91 Å². The number of carbonyl (C=O) groups is 1. The molecule has 0 heterocycles. The molecule has 2 rings (SSSR count). The van der Waals surface area contributed by atoms with Gasteiger partial charge in [0, 0.05) is 10.6 Å². The molecule has 0 saturated heterocycles. The lowest BCUT2D eigenvalue weighted by molar-refractivity contribution is 0.0955. The smallest absolute Gasteiger partial charge is 0.271 e. The molecule has 0 bridgehead atoms. The maximum Gasteiger partial charge on any atom is 0.271 e. The van der Waals surface area contributed by atoms with Crippen LogP contribution in [-0.4, -0.2) is 25.3 Å². The van der Waals surface area contributed by atoms with Crippen molar-refractivity contribution in [2.45, 2.75) is 13.8 Å². The van der Waals surface area contributed by atoms with Crippen molar-refractivity contribution in [3.05, 3.63) is 55.6 Å². The monoisotopic (exact) mass is 496 g/mol. The summed E-state index contributed by atoms with van der Waals surface area (Å²) in [6.45, 7) is 4.38. The van der Waals surface area contributed by atoms with Crippen LogP contribution < -0.4 is 14.9 Å². The van der Waals surface area contributed by atoms with E-state index in [9.17, 15) is 4.79 Å². The van der Waals surface area contributed by atoms with Gasteiger partial charge in [0.1, 0.15) is 6.61 Å². The molecule has 2 aromatic carbocycles. The summed E-state index contributed by atoms with van der Waals surface area (Å²) >= 11 is 8.18. The number of terminal acetylenes is 1. The summed E-state index contributed by atoms with van der Waals surface area (Å²) in [5.41, 5.74) is 4.57. The normalized spacial score (nSPS) is 10.5. The largest absolute Gasteiger partial charge is 0.490 e. The van der Waals surface area contributed by atoms with Crippen LogP contribution in [0.2, 0.25) is 5.02 Å². The highest BCUT2D eigenvalue weighted by atomic mass is 127. The van der Waals surface area contributed by atoms with Crippen LogP contribution in [0, 0.1) is 22.8 Å². The van der Waals surface area contributed by atoms with Gasteiger partial charge in [0.15, 0.2) is 11.5 Å². The van der Waals surface area contributed by atoms with Gasteiger partial charge in [-0.3, -0.25) is 4.79 Å². The summed E-state index contributed by atoms with van der Waals surface area (Å²) < 4.78 is 12.0. The number of amides is 1. The molecular formula is C20H18ClIN2O3. The van der Waals surface area contributed by atoms with E-state index in [-0.39, 0.29) is 12.5 Å². The number of hydrogen-bond acceptors (Lipinski definition) is 4. The van der Waals surface area contributed by atoms with E-state index in [4.69, 9.17) is 27.5 Å². The van der Waals surface area contributed by atoms with Crippen LogP contribution >= 0.6 is 34.2 Å². The van der Waals surface area contributed by atoms with Gasteiger partial charge >= 0.3 is 0 Å². The number of nitrogens with zero attached hydrogens (tertiary/aromatic N) is 1. The molecule has 0 saturated carbocycles. The molecule has 27 heavy (non-hydrogen) atoms. The number of aryl methyl sites for hydroxylation is 1. The first-order valence-electron chi connectivity index (χ1n) is 8.08. The van der Waals surface area contributed by atoms with E-state index < -0.39 is 0 Å². The number of carbonyl (C=O) groups excluding carboxylic acids is 1. The quantitative estimate of drug-likeness (QED) is 0.267. The Balaban J connectivity index is 2.14. The molecule has 0 aliphatic rings. The molecule has 0 unspecified atom stereocenters. The predicted octanol–water partition coefficient (Wildman–Crippen LogP) is 4.43. The van der Waals surface area contributed by atoms with E-state index in [0.29, 0.717) is 28.7 Å². The summed E-state index contributed by atoms with van der Waals surface area (Å²) in [6, 6.07) is 8.71. The molecule has 2 aromatic rings. The van der Waals surface area contributed by atoms with Gasteiger partial charge in [0.05, 0.1) is 16.4 Å². The van der Waals surface area contributed by atoms with Gasteiger partial charge in [0.2, 0.25) is 0 Å². The summed E-state index contributed by atoms with van der Waals surface area (Å²) in [6.07, 6.45) is 6.78. The molecule has 0 spiro atoms. The Kier molecular flexibility index (Phi) is 7.95. The third kappa shape index (κ3) is 5.88. The van der Waals surface area contributed by atoms with E-state index in [1.54, 1.807) is 24.3 Å². The zero-order valence-corrected chi connectivity index (χ0v) is 17.8. The second-order valence-electron chi connectivity index (χ2n) is 5.42. The molecular weight excluding hydrogens is 479 g/mol. The molecule has 0 atom stereocenters. The van der Waals surface area contributed by atoms with Crippen molar-refractivity contribution in [3.63, 3.8) is 0 Å². The van der Waals surface area contributed by atoms with Crippen molar-refractivity contribution in [3.8, 4) is 23.8 Å². The minimum Gasteiger partial charge on any atom is -0.490 e. The second-order valence-corrected chi connectivity index (χ2v) is 6.99. The van der Waals surface area contributed by atoms with Crippen molar-refractivity contribution in [1.82, 2.24) is 5.43 Å². The lowest BCUT2D eigenvalue weighted by Crippen LogP contribution is -2.17. The van der Waals surface area contributed by atoms with Crippen LogP contribution in [0.25, 0.3) is 0 Å². The second kappa shape index (κ2) is 10.2. The van der Waals surface area contributed by atoms with Crippen LogP contribution in [0.1, 0.15) is 28.4 Å². The molecule has 140 valence electrons. The Labute approximate surface area is 177 Å². The number of hydrazone groups is 1. The third-order valence-corrected chi connectivity index (χ3v) is 4.65. The standard InChI is InChI=1S/C20H18ClIN2O3/c1-4-8-27-19-17(22)9-14(10-18(19)26-5-2)12-23-24-20(25)15-7-6-13(3)16(21)11-15/h1,6-7,9-12H,5,8H2,2-3H3,(H,24,25)/b23-12-. The lowest BCUT2D eigenvalue weighted by Gasteiger charge is -2.13. The van der Waals surface area contributed by atoms with Crippen molar-refractivity contribution < 1.29 is 14.3 Å². The SMILES string of the molecule is C#CCOc1c(I)cc(/C=N\NC(=O)c2ccc(C)c(Cl)c2)cc1OCC. The molecule has 0 aliphatic heterocycles. The molecule has 0 fully saturated rings. The van der Waals surface area contributed by atoms with Crippen molar-refractivity contribution >= 4 is 46.3 Å². The number of ether oxygens (including phenoxy) is 2. The fourth-order valence-electron chi connectivity index (χ4n) is 2.14. The first-order chi connectivity index (χ1) is 13.0. The minimum absolute atomic E-state index is 0.151. The van der Waals surface area contributed by atoms with Crippen molar-refractivity contribution in [2.24, 2.45) is 5.10 Å². The maximum atomic E-state index is 12.2. The number of benzene rings is 2. The average Bonchev–Trinajstić information content (AvgIpc) is 2.63. The highest BCUT2D eigenvalue weighted by Crippen LogP contribution is 2.33. The number of hydrogen-bond donors (Lipinski definition) is 1. The summed E-state index contributed by atoms with van der Waals surface area (Å²) in [5, 5.41) is 4.54. The molecule has 1 amide bonds. The van der Waals surface area contributed by atoms with Crippen LogP contribution in [0.15, 0.2) is 35.4 Å². The highest BCUT2D eigenvalue weighted by Gasteiger charge is 2.12. The molecule has 0 aliphatic carbocycles. The van der Waals surface area contributed by atoms with E-state index in [1.165, 1.54) is 6.21 Å². The van der Waals surface area contributed by atoms with Gasteiger partial charge in [-0.2, -0.15) is 5.10 Å². The zero-order valence-electron chi connectivity index (χ0n) is 14.9. The van der Waals surface area contributed by atoms with E-state index in [1.807, 2.05) is 19.9 Å². The predicted molar refractivity (Wildman–Crippen MR) is 116 cm³/mol. The minimum atomic E-state index is -0.346. The fraction of sp³-hybridized carbons (Fsp3) is 0.200. The zero-order chi connectivity index (χ0) is 19.8. The molecule has 0 radical (unpaired) electrons. The van der Waals surface area contributed by atoms with Gasteiger partial charge in [-0.15, -0.1) is 6.42 Å². The third-order valence-electron chi connectivity index (χ3n) is 3.45. The Morgan fingerprint density at radius 3 is 2.81 bits per heavy atom. The maximum absolute atomic E-state index is 12.2. The van der Waals surface area contributed by atoms with Crippen molar-refractivity contribution in [2.75, 3.05) is 13.2 Å². The van der Waals surface area contributed by atoms with E-state index >= 15 is 0 Å². The number of halogens is 2. The van der Waals surface area contributed by atoms with Gasteiger partial charge in [-0.05, 0) is 71.8 Å². The number of rotatable bonds is 7. The van der Waals surface area contributed by atoms with Crippen molar-refractivity contribution in [1.29, 1.82) is 0 Å². The summed E-state index contributed by atoms with van der Waals surface area (Å²) in [4.78, 5) is 12.2. The van der Waals surface area contributed by atoms with Gasteiger partial charge < -0.3 is 9.47 Å². The Morgan fingerprint density at radius 1 is 1.37 bits per heavy atom. The Bertz CT molecular complexity index is 907. The summed E-state index contributed by atoms with van der Waals surface area (Å²) in [7, 11) is 0. The van der Waals surface area contributed by atoms with Crippen LogP contribution in [0.5, 0.6) is 11.5 Å². The number of nitrogens with one attached hydrogen (secondary N) is 1. The fourth-order valence-corrected chi connectivity index (χ4v) is 3.11. The summed E-state index contributed by atoms with van der Waals surface area (Å²) in [5.74, 6) is 3.24. The molecule has 1 N–H and O–H groups in total. The topological polar surface area (TPSA) is 59.9 Å².